The van der Waals surface area contributed by atoms with Crippen LogP contribution in [0.25, 0.3) is 21.8 Å². The molecule has 0 bridgehead atoms. The Morgan fingerprint density at radius 3 is 2.82 bits per heavy atom. The maximum Gasteiger partial charge on any atom is 0.357 e. The maximum absolute atomic E-state index is 12.3. The molecule has 0 unspecified atom stereocenters. The summed E-state index contributed by atoms with van der Waals surface area (Å²) in [7, 11) is 0. The molecule has 0 fully saturated rings. The standard InChI is InChI=1S/C17H17ClN2O2/c1-4-20-9-10(3)14-15(17(21)22-5-2)19-13-8-11(18)6-7-12(13)16(14)20/h6-9H,4-5H2,1-3H3. The molecule has 2 heterocycles. The summed E-state index contributed by atoms with van der Waals surface area (Å²) >= 11 is 6.08. The second-order valence-corrected chi connectivity index (χ2v) is 5.60. The number of nitrogens with zero attached hydrogens (tertiary/aromatic N) is 2. The number of fused-ring (bicyclic) bond motifs is 3. The van der Waals surface area contributed by atoms with Gasteiger partial charge in [0.25, 0.3) is 0 Å². The van der Waals surface area contributed by atoms with E-state index in [1.54, 1.807) is 13.0 Å². The molecule has 3 rings (SSSR count). The number of rotatable bonds is 3. The number of pyridine rings is 1. The van der Waals surface area contributed by atoms with E-state index in [0.717, 1.165) is 28.4 Å². The van der Waals surface area contributed by atoms with Crippen LogP contribution < -0.4 is 0 Å². The summed E-state index contributed by atoms with van der Waals surface area (Å²) in [6.07, 6.45) is 2.04. The number of aryl methyl sites for hydroxylation is 2. The highest BCUT2D eigenvalue weighted by Crippen LogP contribution is 2.32. The van der Waals surface area contributed by atoms with Crippen molar-refractivity contribution in [3.63, 3.8) is 0 Å². The van der Waals surface area contributed by atoms with Crippen LogP contribution in [0.3, 0.4) is 0 Å². The first-order chi connectivity index (χ1) is 10.6. The molecule has 0 aliphatic rings. The fourth-order valence-corrected chi connectivity index (χ4v) is 3.02. The first-order valence-electron chi connectivity index (χ1n) is 7.32. The van der Waals surface area contributed by atoms with Gasteiger partial charge >= 0.3 is 5.97 Å². The van der Waals surface area contributed by atoms with Gasteiger partial charge in [0.15, 0.2) is 5.69 Å². The van der Waals surface area contributed by atoms with E-state index in [2.05, 4.69) is 16.5 Å². The molecule has 0 saturated carbocycles. The zero-order valence-corrected chi connectivity index (χ0v) is 13.6. The summed E-state index contributed by atoms with van der Waals surface area (Å²) < 4.78 is 7.30. The lowest BCUT2D eigenvalue weighted by atomic mass is 10.1. The van der Waals surface area contributed by atoms with Crippen molar-refractivity contribution in [3.8, 4) is 0 Å². The molecule has 0 radical (unpaired) electrons. The Morgan fingerprint density at radius 2 is 2.14 bits per heavy atom. The van der Waals surface area contributed by atoms with E-state index in [0.29, 0.717) is 22.8 Å². The summed E-state index contributed by atoms with van der Waals surface area (Å²) in [6.45, 7) is 6.99. The highest BCUT2D eigenvalue weighted by molar-refractivity contribution is 6.31. The highest BCUT2D eigenvalue weighted by atomic mass is 35.5. The number of benzene rings is 1. The summed E-state index contributed by atoms with van der Waals surface area (Å²) in [5, 5.41) is 2.44. The molecule has 0 amide bonds. The SMILES string of the molecule is CCOC(=O)c1nc2cc(Cl)ccc2c2c1c(C)cn2CC. The molecular formula is C17H17ClN2O2. The quantitative estimate of drug-likeness (QED) is 0.675. The van der Waals surface area contributed by atoms with Gasteiger partial charge in [0.2, 0.25) is 0 Å². The molecule has 3 aromatic rings. The molecule has 0 aliphatic heterocycles. The Bertz CT molecular complexity index is 883. The van der Waals surface area contributed by atoms with E-state index in [9.17, 15) is 4.79 Å². The number of carbonyl (C=O) groups is 1. The molecule has 2 aromatic heterocycles. The highest BCUT2D eigenvalue weighted by Gasteiger charge is 2.20. The van der Waals surface area contributed by atoms with Crippen molar-refractivity contribution >= 4 is 39.4 Å². The number of hydrogen-bond donors (Lipinski definition) is 0. The van der Waals surface area contributed by atoms with E-state index in [1.165, 1.54) is 0 Å². The van der Waals surface area contributed by atoms with Gasteiger partial charge in [-0.15, -0.1) is 0 Å². The molecule has 0 atom stereocenters. The second kappa shape index (κ2) is 5.61. The van der Waals surface area contributed by atoms with Crippen LogP contribution in [0.1, 0.15) is 29.9 Å². The van der Waals surface area contributed by atoms with Gasteiger partial charge in [-0.1, -0.05) is 11.6 Å². The number of aromatic nitrogens is 2. The largest absolute Gasteiger partial charge is 0.461 e. The third kappa shape index (κ3) is 2.24. The van der Waals surface area contributed by atoms with Crippen molar-refractivity contribution < 1.29 is 9.53 Å². The normalized spacial score (nSPS) is 11.3. The zero-order valence-electron chi connectivity index (χ0n) is 12.8. The molecular weight excluding hydrogens is 300 g/mol. The predicted octanol–water partition coefficient (Wildman–Crippen LogP) is 4.35. The van der Waals surface area contributed by atoms with Crippen LogP contribution in [0.5, 0.6) is 0 Å². The van der Waals surface area contributed by atoms with Crippen molar-refractivity contribution in [2.24, 2.45) is 0 Å². The predicted molar refractivity (Wildman–Crippen MR) is 88.6 cm³/mol. The Balaban J connectivity index is 2.47. The number of carbonyl (C=O) groups excluding carboxylic acids is 1. The minimum atomic E-state index is -0.397. The average Bonchev–Trinajstić information content (AvgIpc) is 2.83. The third-order valence-corrected chi connectivity index (χ3v) is 4.00. The first kappa shape index (κ1) is 14.9. The van der Waals surface area contributed by atoms with E-state index in [4.69, 9.17) is 16.3 Å². The van der Waals surface area contributed by atoms with Crippen LogP contribution in [-0.2, 0) is 11.3 Å². The Labute approximate surface area is 133 Å². The zero-order chi connectivity index (χ0) is 15.9. The number of hydrogen-bond acceptors (Lipinski definition) is 3. The molecule has 4 nitrogen and oxygen atoms in total. The van der Waals surface area contributed by atoms with Crippen molar-refractivity contribution in [2.45, 2.75) is 27.3 Å². The first-order valence-corrected chi connectivity index (χ1v) is 7.70. The lowest BCUT2D eigenvalue weighted by Crippen LogP contribution is -2.08. The van der Waals surface area contributed by atoms with Crippen LogP contribution in [0, 0.1) is 6.92 Å². The Morgan fingerprint density at radius 1 is 1.36 bits per heavy atom. The Kier molecular flexibility index (Phi) is 3.79. The molecule has 1 aromatic carbocycles. The summed E-state index contributed by atoms with van der Waals surface area (Å²) in [4.78, 5) is 16.8. The van der Waals surface area contributed by atoms with Gasteiger partial charge < -0.3 is 9.30 Å². The van der Waals surface area contributed by atoms with Crippen molar-refractivity contribution in [1.29, 1.82) is 0 Å². The van der Waals surface area contributed by atoms with Gasteiger partial charge in [-0.05, 0) is 44.5 Å². The van der Waals surface area contributed by atoms with Gasteiger partial charge in [-0.2, -0.15) is 0 Å². The molecule has 22 heavy (non-hydrogen) atoms. The van der Waals surface area contributed by atoms with Crippen molar-refractivity contribution in [3.05, 3.63) is 40.7 Å². The third-order valence-electron chi connectivity index (χ3n) is 3.76. The van der Waals surface area contributed by atoms with Gasteiger partial charge in [-0.25, -0.2) is 9.78 Å². The van der Waals surface area contributed by atoms with E-state index in [-0.39, 0.29) is 0 Å². The monoisotopic (exact) mass is 316 g/mol. The van der Waals surface area contributed by atoms with Gasteiger partial charge in [0.05, 0.1) is 17.6 Å². The van der Waals surface area contributed by atoms with Gasteiger partial charge in [0, 0.05) is 28.5 Å². The van der Waals surface area contributed by atoms with Gasteiger partial charge in [0.1, 0.15) is 0 Å². The van der Waals surface area contributed by atoms with Crippen LogP contribution in [0.2, 0.25) is 5.02 Å². The summed E-state index contributed by atoms with van der Waals surface area (Å²) in [5.74, 6) is -0.397. The summed E-state index contributed by atoms with van der Waals surface area (Å²) in [5.41, 5.74) is 3.08. The average molecular weight is 317 g/mol. The number of ether oxygens (including phenoxy) is 1. The van der Waals surface area contributed by atoms with Crippen LogP contribution in [0.15, 0.2) is 24.4 Å². The molecule has 0 spiro atoms. The topological polar surface area (TPSA) is 44.1 Å². The second-order valence-electron chi connectivity index (χ2n) is 5.16. The Hall–Kier alpha value is -2.07. The van der Waals surface area contributed by atoms with E-state index in [1.807, 2.05) is 25.3 Å². The van der Waals surface area contributed by atoms with E-state index < -0.39 is 5.97 Å². The molecule has 0 saturated heterocycles. The molecule has 0 N–H and O–H groups in total. The lowest BCUT2D eigenvalue weighted by Gasteiger charge is -2.09. The number of esters is 1. The lowest BCUT2D eigenvalue weighted by molar-refractivity contribution is 0.0522. The van der Waals surface area contributed by atoms with Crippen LogP contribution in [-0.4, -0.2) is 22.1 Å². The maximum atomic E-state index is 12.3. The van der Waals surface area contributed by atoms with Gasteiger partial charge in [-0.3, -0.25) is 0 Å². The molecule has 0 aliphatic carbocycles. The fraction of sp³-hybridized carbons (Fsp3) is 0.294. The van der Waals surface area contributed by atoms with Crippen molar-refractivity contribution in [1.82, 2.24) is 9.55 Å². The number of halogens is 1. The van der Waals surface area contributed by atoms with Crippen molar-refractivity contribution in [2.75, 3.05) is 6.61 Å². The van der Waals surface area contributed by atoms with E-state index >= 15 is 0 Å². The minimum Gasteiger partial charge on any atom is -0.461 e. The smallest absolute Gasteiger partial charge is 0.357 e. The minimum absolute atomic E-state index is 0.323. The van der Waals surface area contributed by atoms with Crippen LogP contribution >= 0.6 is 11.6 Å². The van der Waals surface area contributed by atoms with Crippen LogP contribution in [0.4, 0.5) is 0 Å². The fourth-order valence-electron chi connectivity index (χ4n) is 2.85. The molecule has 5 heteroatoms. The summed E-state index contributed by atoms with van der Waals surface area (Å²) in [6, 6.07) is 5.58. The molecule has 114 valence electrons.